The SMILES string of the molecule is Cc1cc(C)n(CCCC(=O)NCCc2noc([C@H]3CCCO3)n2)n1. The van der Waals surface area contributed by atoms with Gasteiger partial charge < -0.3 is 14.6 Å². The Hall–Kier alpha value is -2.22. The molecule has 1 saturated heterocycles. The molecule has 1 aliphatic rings. The summed E-state index contributed by atoms with van der Waals surface area (Å²) in [7, 11) is 0. The zero-order valence-corrected chi connectivity index (χ0v) is 14.8. The highest BCUT2D eigenvalue weighted by molar-refractivity contribution is 5.75. The minimum atomic E-state index is -0.0646. The van der Waals surface area contributed by atoms with Gasteiger partial charge in [-0.1, -0.05) is 5.16 Å². The lowest BCUT2D eigenvalue weighted by Crippen LogP contribution is -2.26. The number of aromatic nitrogens is 4. The van der Waals surface area contributed by atoms with Gasteiger partial charge in [0.15, 0.2) is 5.82 Å². The smallest absolute Gasteiger partial charge is 0.255 e. The Morgan fingerprint density at radius 1 is 1.44 bits per heavy atom. The van der Waals surface area contributed by atoms with Crippen LogP contribution in [0, 0.1) is 13.8 Å². The van der Waals surface area contributed by atoms with Crippen LogP contribution >= 0.6 is 0 Å². The number of ether oxygens (including phenoxy) is 1. The fourth-order valence-corrected chi connectivity index (χ4v) is 2.97. The van der Waals surface area contributed by atoms with Crippen LogP contribution in [0.1, 0.15) is 54.9 Å². The van der Waals surface area contributed by atoms with E-state index in [1.54, 1.807) is 0 Å². The highest BCUT2D eigenvalue weighted by Gasteiger charge is 2.23. The topological polar surface area (TPSA) is 95.1 Å². The maximum atomic E-state index is 11.9. The number of carbonyl (C=O) groups excluding carboxylic acids is 1. The maximum Gasteiger partial charge on any atom is 0.255 e. The molecule has 1 amide bonds. The van der Waals surface area contributed by atoms with E-state index in [0.29, 0.717) is 31.1 Å². The van der Waals surface area contributed by atoms with Gasteiger partial charge in [0.1, 0.15) is 6.10 Å². The van der Waals surface area contributed by atoms with Gasteiger partial charge in [0.05, 0.1) is 5.69 Å². The van der Waals surface area contributed by atoms with Gasteiger partial charge in [-0.25, -0.2) is 0 Å². The zero-order valence-electron chi connectivity index (χ0n) is 14.8. The van der Waals surface area contributed by atoms with Gasteiger partial charge in [-0.15, -0.1) is 0 Å². The van der Waals surface area contributed by atoms with Crippen molar-refractivity contribution in [1.82, 2.24) is 25.2 Å². The molecule has 1 fully saturated rings. The second kappa shape index (κ2) is 8.24. The lowest BCUT2D eigenvalue weighted by atomic mass is 10.2. The fourth-order valence-electron chi connectivity index (χ4n) is 2.97. The van der Waals surface area contributed by atoms with Gasteiger partial charge in [0.25, 0.3) is 5.89 Å². The molecule has 1 aliphatic heterocycles. The van der Waals surface area contributed by atoms with Gasteiger partial charge in [-0.3, -0.25) is 9.48 Å². The summed E-state index contributed by atoms with van der Waals surface area (Å²) in [5.74, 6) is 1.18. The molecular weight excluding hydrogens is 322 g/mol. The number of nitrogens with zero attached hydrogens (tertiary/aromatic N) is 4. The minimum absolute atomic E-state index is 0.0318. The van der Waals surface area contributed by atoms with Gasteiger partial charge in [-0.2, -0.15) is 10.1 Å². The van der Waals surface area contributed by atoms with Gasteiger partial charge in [0.2, 0.25) is 5.91 Å². The molecule has 0 bridgehead atoms. The van der Waals surface area contributed by atoms with Crippen LogP contribution in [0.2, 0.25) is 0 Å². The van der Waals surface area contributed by atoms with E-state index in [1.165, 1.54) is 0 Å². The average Bonchev–Trinajstić information content (AvgIpc) is 3.29. The van der Waals surface area contributed by atoms with Crippen molar-refractivity contribution in [2.75, 3.05) is 13.2 Å². The van der Waals surface area contributed by atoms with Crippen LogP contribution in [0.25, 0.3) is 0 Å². The summed E-state index contributed by atoms with van der Waals surface area (Å²) in [5, 5.41) is 11.2. The van der Waals surface area contributed by atoms with Crippen molar-refractivity contribution in [1.29, 1.82) is 0 Å². The van der Waals surface area contributed by atoms with Crippen molar-refractivity contribution >= 4 is 5.91 Å². The predicted octanol–water partition coefficient (Wildman–Crippen LogP) is 1.87. The Morgan fingerprint density at radius 3 is 3.04 bits per heavy atom. The summed E-state index contributed by atoms with van der Waals surface area (Å²) in [6.45, 7) is 6.00. The van der Waals surface area contributed by atoms with Crippen LogP contribution in [0.15, 0.2) is 10.6 Å². The average molecular weight is 347 g/mol. The van der Waals surface area contributed by atoms with Gasteiger partial charge in [0, 0.05) is 38.2 Å². The van der Waals surface area contributed by atoms with E-state index in [9.17, 15) is 4.79 Å². The minimum Gasteiger partial charge on any atom is -0.368 e. The lowest BCUT2D eigenvalue weighted by Gasteiger charge is -2.05. The van der Waals surface area contributed by atoms with Crippen LogP contribution in [0.5, 0.6) is 0 Å². The molecule has 0 aromatic carbocycles. The van der Waals surface area contributed by atoms with Crippen LogP contribution in [-0.4, -0.2) is 39.0 Å². The number of hydrogen-bond acceptors (Lipinski definition) is 6. The van der Waals surface area contributed by atoms with E-state index < -0.39 is 0 Å². The number of nitrogens with one attached hydrogen (secondary N) is 1. The Morgan fingerprint density at radius 2 is 2.32 bits per heavy atom. The van der Waals surface area contributed by atoms with Crippen molar-refractivity contribution in [3.8, 4) is 0 Å². The molecule has 0 spiro atoms. The van der Waals surface area contributed by atoms with E-state index >= 15 is 0 Å². The lowest BCUT2D eigenvalue weighted by molar-refractivity contribution is -0.121. The fraction of sp³-hybridized carbons (Fsp3) is 0.647. The number of rotatable bonds is 8. The van der Waals surface area contributed by atoms with E-state index in [0.717, 1.165) is 43.8 Å². The van der Waals surface area contributed by atoms with Crippen molar-refractivity contribution in [3.05, 3.63) is 29.2 Å². The monoisotopic (exact) mass is 347 g/mol. The number of carbonyl (C=O) groups is 1. The molecule has 8 nitrogen and oxygen atoms in total. The number of aryl methyl sites for hydroxylation is 3. The van der Waals surface area contributed by atoms with Crippen LogP contribution in [0.4, 0.5) is 0 Å². The molecule has 2 aromatic rings. The summed E-state index contributed by atoms with van der Waals surface area (Å²) >= 11 is 0. The quantitative estimate of drug-likeness (QED) is 0.783. The van der Waals surface area contributed by atoms with Crippen LogP contribution in [0.3, 0.4) is 0 Å². The van der Waals surface area contributed by atoms with E-state index in [2.05, 4.69) is 20.6 Å². The molecule has 3 heterocycles. The molecule has 0 radical (unpaired) electrons. The summed E-state index contributed by atoms with van der Waals surface area (Å²) in [4.78, 5) is 16.2. The molecule has 8 heteroatoms. The van der Waals surface area contributed by atoms with Crippen LogP contribution in [-0.2, 0) is 22.5 Å². The first kappa shape index (κ1) is 17.6. The summed E-state index contributed by atoms with van der Waals surface area (Å²) < 4.78 is 12.7. The summed E-state index contributed by atoms with van der Waals surface area (Å²) in [6, 6.07) is 2.04. The van der Waals surface area contributed by atoms with Crippen LogP contribution < -0.4 is 5.32 Å². The molecule has 25 heavy (non-hydrogen) atoms. The third-order valence-corrected chi connectivity index (χ3v) is 4.24. The normalized spacial score (nSPS) is 17.1. The van der Waals surface area contributed by atoms with Crippen molar-refractivity contribution < 1.29 is 14.1 Å². The number of amides is 1. The first-order chi connectivity index (χ1) is 12.1. The predicted molar refractivity (Wildman–Crippen MR) is 89.9 cm³/mol. The molecule has 2 aromatic heterocycles. The number of hydrogen-bond donors (Lipinski definition) is 1. The second-order valence-electron chi connectivity index (χ2n) is 6.40. The Kier molecular flexibility index (Phi) is 5.80. The summed E-state index contributed by atoms with van der Waals surface area (Å²) in [5.41, 5.74) is 2.13. The van der Waals surface area contributed by atoms with E-state index in [-0.39, 0.29) is 12.0 Å². The highest BCUT2D eigenvalue weighted by atomic mass is 16.5. The van der Waals surface area contributed by atoms with E-state index in [1.807, 2.05) is 24.6 Å². The largest absolute Gasteiger partial charge is 0.368 e. The first-order valence-corrected chi connectivity index (χ1v) is 8.83. The molecular formula is C17H25N5O3. The maximum absolute atomic E-state index is 11.9. The van der Waals surface area contributed by atoms with Gasteiger partial charge in [-0.05, 0) is 39.2 Å². The molecule has 0 unspecified atom stereocenters. The molecule has 1 N–H and O–H groups in total. The van der Waals surface area contributed by atoms with E-state index in [4.69, 9.17) is 9.26 Å². The van der Waals surface area contributed by atoms with Crippen molar-refractivity contribution in [3.63, 3.8) is 0 Å². The molecule has 0 aliphatic carbocycles. The third-order valence-electron chi connectivity index (χ3n) is 4.24. The zero-order chi connectivity index (χ0) is 17.6. The standard InChI is InChI=1S/C17H25N5O3/c1-12-11-13(2)22(20-12)9-3-6-16(23)18-8-7-15-19-17(25-21-15)14-5-4-10-24-14/h11,14H,3-10H2,1-2H3,(H,18,23)/t14-/m1/s1. The molecule has 1 atom stereocenters. The summed E-state index contributed by atoms with van der Waals surface area (Å²) in [6.07, 6.45) is 3.68. The molecule has 3 rings (SSSR count). The molecule has 0 saturated carbocycles. The Labute approximate surface area is 146 Å². The first-order valence-electron chi connectivity index (χ1n) is 8.83. The Bertz CT molecular complexity index is 703. The van der Waals surface area contributed by atoms with Gasteiger partial charge >= 0.3 is 0 Å². The Balaban J connectivity index is 1.33. The van der Waals surface area contributed by atoms with Crippen molar-refractivity contribution in [2.24, 2.45) is 0 Å². The third kappa shape index (κ3) is 4.88. The molecule has 136 valence electrons. The second-order valence-corrected chi connectivity index (χ2v) is 6.40. The van der Waals surface area contributed by atoms with Crippen molar-refractivity contribution in [2.45, 2.75) is 58.6 Å². The highest BCUT2D eigenvalue weighted by Crippen LogP contribution is 2.26.